The molecule has 28 heavy (non-hydrogen) atoms. The van der Waals surface area contributed by atoms with E-state index in [-0.39, 0.29) is 5.91 Å². The van der Waals surface area contributed by atoms with Crippen molar-refractivity contribution in [1.29, 1.82) is 0 Å². The Kier molecular flexibility index (Phi) is 7.77. The predicted octanol–water partition coefficient (Wildman–Crippen LogP) is 6.94. The molecule has 3 heterocycles. The van der Waals surface area contributed by atoms with E-state index in [0.29, 0.717) is 0 Å². The number of rotatable bonds is 10. The highest BCUT2D eigenvalue weighted by Gasteiger charge is 2.31. The fourth-order valence-corrected chi connectivity index (χ4v) is 6.59. The summed E-state index contributed by atoms with van der Waals surface area (Å²) in [5.41, 5.74) is 1.80. The van der Waals surface area contributed by atoms with Gasteiger partial charge in [0.25, 0.3) is 5.91 Å². The average Bonchev–Trinajstić information content (AvgIpc) is 3.47. The topological polar surface area (TPSA) is 49.3 Å². The van der Waals surface area contributed by atoms with Gasteiger partial charge in [-0.3, -0.25) is 10.0 Å². The third-order valence-corrected chi connectivity index (χ3v) is 9.67. The van der Waals surface area contributed by atoms with Gasteiger partial charge in [0.05, 0.1) is 4.75 Å². The van der Waals surface area contributed by atoms with Crippen LogP contribution in [0.1, 0.15) is 37.5 Å². The summed E-state index contributed by atoms with van der Waals surface area (Å²) in [5.74, 6) is -0.305. The molecule has 150 valence electrons. The first kappa shape index (κ1) is 21.6. The molecule has 2 N–H and O–H groups in total. The van der Waals surface area contributed by atoms with Gasteiger partial charge in [0.1, 0.15) is 0 Å². The molecule has 0 aliphatic heterocycles. The molecule has 1 atom stereocenters. The fraction of sp³-hybridized carbons (Fsp3) is 0.381. The summed E-state index contributed by atoms with van der Waals surface area (Å²) in [5, 5.41) is 11.0. The van der Waals surface area contributed by atoms with Crippen LogP contribution in [0.5, 0.6) is 0 Å². The molecule has 0 bridgehead atoms. The Morgan fingerprint density at radius 1 is 1.04 bits per heavy atom. The van der Waals surface area contributed by atoms with Gasteiger partial charge in [0.2, 0.25) is 0 Å². The number of carbonyl (C=O) groups excluding carboxylic acids is 1. The van der Waals surface area contributed by atoms with Gasteiger partial charge >= 0.3 is 0 Å². The van der Waals surface area contributed by atoms with Crippen molar-refractivity contribution in [1.82, 2.24) is 5.48 Å². The Morgan fingerprint density at radius 3 is 2.43 bits per heavy atom. The van der Waals surface area contributed by atoms with Crippen molar-refractivity contribution in [3.63, 3.8) is 0 Å². The van der Waals surface area contributed by atoms with Crippen molar-refractivity contribution in [2.45, 2.75) is 43.8 Å². The highest BCUT2D eigenvalue weighted by molar-refractivity contribution is 8.00. The lowest BCUT2D eigenvalue weighted by Gasteiger charge is -2.24. The summed E-state index contributed by atoms with van der Waals surface area (Å²) in [7, 11) is 0. The van der Waals surface area contributed by atoms with E-state index in [1.54, 1.807) is 16.8 Å². The molecule has 3 aromatic rings. The van der Waals surface area contributed by atoms with E-state index in [2.05, 4.69) is 41.8 Å². The zero-order valence-corrected chi connectivity index (χ0v) is 19.3. The molecule has 7 heteroatoms. The standard InChI is InChI=1S/C21H25NO2S4/c1-21(25-2,20(23)22-24)13-5-3-4-7-15-9-10-18(27-15)19-12-11-17(28-19)16-8-6-14-26-16/h6,8-12,14,24H,3-5,7,13H2,1-2H3,(H,22,23). The van der Waals surface area contributed by atoms with Crippen LogP contribution in [-0.2, 0) is 11.2 Å². The average molecular weight is 452 g/mol. The zero-order valence-electron chi connectivity index (χ0n) is 16.1. The highest BCUT2D eigenvalue weighted by atomic mass is 32.2. The third kappa shape index (κ3) is 5.27. The third-order valence-electron chi connectivity index (χ3n) is 4.88. The van der Waals surface area contributed by atoms with Crippen molar-refractivity contribution in [2.24, 2.45) is 0 Å². The number of hydroxylamine groups is 1. The number of hydrogen-bond acceptors (Lipinski definition) is 6. The van der Waals surface area contributed by atoms with E-state index >= 15 is 0 Å². The van der Waals surface area contributed by atoms with Crippen LogP contribution in [0.2, 0.25) is 0 Å². The van der Waals surface area contributed by atoms with Crippen molar-refractivity contribution in [3.8, 4) is 19.5 Å². The van der Waals surface area contributed by atoms with Crippen LogP contribution in [0, 0.1) is 0 Å². The second-order valence-corrected chi connectivity index (χ2v) is 11.4. The summed E-state index contributed by atoms with van der Waals surface area (Å²) in [6, 6.07) is 13.2. The van der Waals surface area contributed by atoms with Gasteiger partial charge < -0.3 is 0 Å². The van der Waals surface area contributed by atoms with Gasteiger partial charge in [-0.05, 0) is 68.2 Å². The summed E-state index contributed by atoms with van der Waals surface area (Å²) < 4.78 is -0.551. The Bertz CT molecular complexity index is 884. The van der Waals surface area contributed by atoms with E-state index in [0.717, 1.165) is 32.1 Å². The van der Waals surface area contributed by atoms with E-state index in [9.17, 15) is 4.79 Å². The molecular weight excluding hydrogens is 427 g/mol. The van der Waals surface area contributed by atoms with Gasteiger partial charge in [-0.25, -0.2) is 5.48 Å². The summed E-state index contributed by atoms with van der Waals surface area (Å²) in [6.45, 7) is 1.89. The first-order valence-electron chi connectivity index (χ1n) is 9.28. The Morgan fingerprint density at radius 2 is 1.75 bits per heavy atom. The molecule has 0 saturated carbocycles. The predicted molar refractivity (Wildman–Crippen MR) is 125 cm³/mol. The molecule has 0 saturated heterocycles. The van der Waals surface area contributed by atoms with Crippen LogP contribution in [0.15, 0.2) is 41.8 Å². The quantitative estimate of drug-likeness (QED) is 0.199. The van der Waals surface area contributed by atoms with Crippen LogP contribution in [0.25, 0.3) is 19.5 Å². The van der Waals surface area contributed by atoms with Crippen LogP contribution in [0.4, 0.5) is 0 Å². The monoisotopic (exact) mass is 451 g/mol. The fourth-order valence-electron chi connectivity index (χ4n) is 3.03. The SMILES string of the molecule is CSC(C)(CCCCCc1ccc(-c2ccc(-c3cccs3)s2)s1)C(=O)NO. The number of unbranched alkanes of at least 4 members (excludes halogenated alkanes) is 2. The Hall–Kier alpha value is -1.12. The Labute approximate surface area is 182 Å². The lowest BCUT2D eigenvalue weighted by molar-refractivity contribution is -0.131. The maximum absolute atomic E-state index is 11.8. The molecule has 3 rings (SSSR count). The van der Waals surface area contributed by atoms with Crippen LogP contribution < -0.4 is 5.48 Å². The number of thioether (sulfide) groups is 1. The van der Waals surface area contributed by atoms with Gasteiger partial charge in [-0.15, -0.1) is 45.8 Å². The van der Waals surface area contributed by atoms with Crippen LogP contribution in [0.3, 0.4) is 0 Å². The lowest BCUT2D eigenvalue weighted by atomic mass is 10.0. The van der Waals surface area contributed by atoms with Crippen molar-refractivity contribution in [3.05, 3.63) is 46.7 Å². The van der Waals surface area contributed by atoms with Crippen LogP contribution in [-0.4, -0.2) is 22.1 Å². The molecule has 1 amide bonds. The normalized spacial score (nSPS) is 13.4. The number of amides is 1. The van der Waals surface area contributed by atoms with E-state index < -0.39 is 4.75 Å². The molecule has 0 aliphatic carbocycles. The van der Waals surface area contributed by atoms with E-state index in [4.69, 9.17) is 5.21 Å². The molecule has 3 aromatic heterocycles. The summed E-state index contributed by atoms with van der Waals surface area (Å²) in [4.78, 5) is 18.6. The molecule has 0 aromatic carbocycles. The van der Waals surface area contributed by atoms with Crippen LogP contribution >= 0.6 is 45.8 Å². The van der Waals surface area contributed by atoms with E-state index in [1.807, 2.05) is 35.9 Å². The number of nitrogens with one attached hydrogen (secondary N) is 1. The minimum Gasteiger partial charge on any atom is -0.289 e. The van der Waals surface area contributed by atoms with E-state index in [1.165, 1.54) is 36.1 Å². The van der Waals surface area contributed by atoms with Gasteiger partial charge in [-0.2, -0.15) is 0 Å². The zero-order chi connectivity index (χ0) is 20.0. The molecule has 0 spiro atoms. The number of hydrogen-bond donors (Lipinski definition) is 2. The molecule has 1 unspecified atom stereocenters. The van der Waals surface area contributed by atoms with Crippen molar-refractivity contribution >= 4 is 51.7 Å². The van der Waals surface area contributed by atoms with Gasteiger partial charge in [0, 0.05) is 24.4 Å². The minimum atomic E-state index is -0.551. The molecule has 3 nitrogen and oxygen atoms in total. The lowest BCUT2D eigenvalue weighted by Crippen LogP contribution is -2.40. The number of thiophene rings is 3. The summed E-state index contributed by atoms with van der Waals surface area (Å²) >= 11 is 7.02. The summed E-state index contributed by atoms with van der Waals surface area (Å²) in [6.07, 6.45) is 6.96. The first-order chi connectivity index (χ1) is 13.6. The first-order valence-corrected chi connectivity index (χ1v) is 13.0. The second-order valence-electron chi connectivity index (χ2n) is 6.84. The maximum Gasteiger partial charge on any atom is 0.259 e. The second kappa shape index (κ2) is 10.1. The molecular formula is C21H25NO2S4. The van der Waals surface area contributed by atoms with Gasteiger partial charge in [-0.1, -0.05) is 18.9 Å². The molecule has 0 radical (unpaired) electrons. The van der Waals surface area contributed by atoms with Gasteiger partial charge in [0.15, 0.2) is 0 Å². The maximum atomic E-state index is 11.8. The Balaban J connectivity index is 1.47. The number of carbonyl (C=O) groups is 1. The highest BCUT2D eigenvalue weighted by Crippen LogP contribution is 2.39. The molecule has 0 aliphatic rings. The minimum absolute atomic E-state index is 0.305. The largest absolute Gasteiger partial charge is 0.289 e. The van der Waals surface area contributed by atoms with Crippen molar-refractivity contribution < 1.29 is 10.0 Å². The van der Waals surface area contributed by atoms with Crippen molar-refractivity contribution in [2.75, 3.05) is 6.26 Å². The smallest absolute Gasteiger partial charge is 0.259 e. The number of aryl methyl sites for hydroxylation is 1. The molecule has 0 fully saturated rings.